The van der Waals surface area contributed by atoms with E-state index < -0.39 is 11.6 Å². The van der Waals surface area contributed by atoms with E-state index in [2.05, 4.69) is 19.1 Å². The minimum atomic E-state index is -0.562. The first kappa shape index (κ1) is 16.6. The Kier molecular flexibility index (Phi) is 4.65. The van der Waals surface area contributed by atoms with E-state index in [4.69, 9.17) is 0 Å². The van der Waals surface area contributed by atoms with Gasteiger partial charge in [0, 0.05) is 31.0 Å². The molecular weight excluding hydrogens is 308 g/mol. The number of rotatable bonds is 5. The molecule has 0 radical (unpaired) electrons. The zero-order chi connectivity index (χ0) is 17.3. The van der Waals surface area contributed by atoms with Gasteiger partial charge in [-0.25, -0.2) is 8.78 Å². The highest BCUT2D eigenvalue weighted by Crippen LogP contribution is 2.50. The first-order chi connectivity index (χ1) is 11.5. The van der Waals surface area contributed by atoms with Gasteiger partial charge in [-0.1, -0.05) is 37.3 Å². The molecule has 1 aliphatic carbocycles. The van der Waals surface area contributed by atoms with E-state index in [0.29, 0.717) is 13.0 Å². The van der Waals surface area contributed by atoms with Crippen LogP contribution >= 0.6 is 0 Å². The predicted molar refractivity (Wildman–Crippen MR) is 89.5 cm³/mol. The second-order valence-corrected chi connectivity index (χ2v) is 6.45. The minimum absolute atomic E-state index is 0.0524. The molecule has 3 rings (SSSR count). The number of amides is 1. The monoisotopic (exact) mass is 329 g/mol. The second-order valence-electron chi connectivity index (χ2n) is 6.45. The van der Waals surface area contributed by atoms with Crippen LogP contribution in [-0.2, 0) is 17.8 Å². The molecule has 2 atom stereocenters. The fraction of sp³-hybridized carbons (Fsp3) is 0.350. The molecule has 0 saturated heterocycles. The fourth-order valence-corrected chi connectivity index (χ4v) is 3.17. The summed E-state index contributed by atoms with van der Waals surface area (Å²) in [5.74, 6) is -1.84. The van der Waals surface area contributed by atoms with Crippen molar-refractivity contribution in [3.05, 3.63) is 70.8 Å². The van der Waals surface area contributed by atoms with Gasteiger partial charge in [-0.2, -0.15) is 0 Å². The average molecular weight is 329 g/mol. The molecule has 0 aliphatic heterocycles. The Morgan fingerprint density at radius 1 is 1.08 bits per heavy atom. The lowest BCUT2D eigenvalue weighted by Crippen LogP contribution is -2.28. The van der Waals surface area contributed by atoms with Gasteiger partial charge in [-0.05, 0) is 36.1 Å². The molecule has 1 aliphatic rings. The van der Waals surface area contributed by atoms with Crippen molar-refractivity contribution in [3.8, 4) is 0 Å². The molecule has 24 heavy (non-hydrogen) atoms. The van der Waals surface area contributed by atoms with Gasteiger partial charge in [0.1, 0.15) is 11.6 Å². The van der Waals surface area contributed by atoms with Crippen LogP contribution in [0.2, 0.25) is 0 Å². The van der Waals surface area contributed by atoms with Crippen LogP contribution < -0.4 is 0 Å². The van der Waals surface area contributed by atoms with Crippen LogP contribution in [0.25, 0.3) is 0 Å². The SMILES string of the molecule is CCc1ccc(CN(C)C(=O)C2CC2c2c(F)cccc2F)cc1. The highest BCUT2D eigenvalue weighted by Gasteiger charge is 2.47. The van der Waals surface area contributed by atoms with Crippen molar-refractivity contribution in [1.82, 2.24) is 4.90 Å². The molecule has 2 unspecified atom stereocenters. The molecule has 2 nitrogen and oxygen atoms in total. The van der Waals surface area contributed by atoms with Gasteiger partial charge in [0.05, 0.1) is 0 Å². The van der Waals surface area contributed by atoms with E-state index in [0.717, 1.165) is 12.0 Å². The minimum Gasteiger partial charge on any atom is -0.341 e. The smallest absolute Gasteiger partial charge is 0.226 e. The maximum atomic E-state index is 13.8. The van der Waals surface area contributed by atoms with Crippen LogP contribution in [0.4, 0.5) is 8.78 Å². The van der Waals surface area contributed by atoms with Crippen LogP contribution in [-0.4, -0.2) is 17.9 Å². The lowest BCUT2D eigenvalue weighted by atomic mass is 10.1. The molecule has 0 N–H and O–H groups in total. The molecule has 1 amide bonds. The van der Waals surface area contributed by atoms with E-state index in [9.17, 15) is 13.6 Å². The highest BCUT2D eigenvalue weighted by atomic mass is 19.1. The summed E-state index contributed by atoms with van der Waals surface area (Å²) in [5.41, 5.74) is 2.36. The number of aryl methyl sites for hydroxylation is 1. The number of nitrogens with zero attached hydrogens (tertiary/aromatic N) is 1. The van der Waals surface area contributed by atoms with Crippen molar-refractivity contribution < 1.29 is 13.6 Å². The third-order valence-electron chi connectivity index (χ3n) is 4.71. The van der Waals surface area contributed by atoms with Gasteiger partial charge < -0.3 is 4.90 Å². The van der Waals surface area contributed by atoms with Crippen molar-refractivity contribution in [1.29, 1.82) is 0 Å². The third-order valence-corrected chi connectivity index (χ3v) is 4.71. The zero-order valence-corrected chi connectivity index (χ0v) is 13.9. The second kappa shape index (κ2) is 6.71. The molecular formula is C20H21F2NO. The number of hydrogen-bond acceptors (Lipinski definition) is 1. The highest BCUT2D eigenvalue weighted by molar-refractivity contribution is 5.82. The largest absolute Gasteiger partial charge is 0.341 e. The molecule has 0 bridgehead atoms. The maximum Gasteiger partial charge on any atom is 0.226 e. The molecule has 4 heteroatoms. The fourth-order valence-electron chi connectivity index (χ4n) is 3.17. The van der Waals surface area contributed by atoms with Gasteiger partial charge in [0.25, 0.3) is 0 Å². The number of hydrogen-bond donors (Lipinski definition) is 0. The Bertz CT molecular complexity index is 722. The van der Waals surface area contributed by atoms with Crippen molar-refractivity contribution in [3.63, 3.8) is 0 Å². The molecule has 0 aromatic heterocycles. The third kappa shape index (κ3) is 3.32. The Labute approximate surface area is 141 Å². The number of carbonyl (C=O) groups is 1. The summed E-state index contributed by atoms with van der Waals surface area (Å²) in [5, 5.41) is 0. The Balaban J connectivity index is 1.65. The number of benzene rings is 2. The molecule has 0 spiro atoms. The summed E-state index contributed by atoms with van der Waals surface area (Å²) in [6.07, 6.45) is 1.49. The standard InChI is InChI=1S/C20H21F2NO/c1-3-13-7-9-14(10-8-13)12-23(2)20(24)16-11-15(16)19-17(21)5-4-6-18(19)22/h4-10,15-16H,3,11-12H2,1-2H3. The summed E-state index contributed by atoms with van der Waals surface area (Å²) in [6.45, 7) is 2.60. The lowest BCUT2D eigenvalue weighted by Gasteiger charge is -2.18. The van der Waals surface area contributed by atoms with Gasteiger partial charge >= 0.3 is 0 Å². The Hall–Kier alpha value is -2.23. The van der Waals surface area contributed by atoms with Crippen molar-refractivity contribution in [2.75, 3.05) is 7.05 Å². The topological polar surface area (TPSA) is 20.3 Å². The molecule has 2 aromatic carbocycles. The number of carbonyl (C=O) groups excluding carboxylic acids is 1. The summed E-state index contributed by atoms with van der Waals surface area (Å²) >= 11 is 0. The molecule has 1 fully saturated rings. The van der Waals surface area contributed by atoms with E-state index in [-0.39, 0.29) is 23.3 Å². The summed E-state index contributed by atoms with van der Waals surface area (Å²) < 4.78 is 27.7. The summed E-state index contributed by atoms with van der Waals surface area (Å²) in [6, 6.07) is 12.0. The normalized spacial score (nSPS) is 19.2. The van der Waals surface area contributed by atoms with Crippen molar-refractivity contribution in [2.45, 2.75) is 32.2 Å². The first-order valence-corrected chi connectivity index (χ1v) is 8.28. The maximum absolute atomic E-state index is 13.8. The zero-order valence-electron chi connectivity index (χ0n) is 13.9. The van der Waals surface area contributed by atoms with E-state index in [1.54, 1.807) is 11.9 Å². The average Bonchev–Trinajstić information content (AvgIpc) is 3.35. The Morgan fingerprint density at radius 3 is 2.25 bits per heavy atom. The lowest BCUT2D eigenvalue weighted by molar-refractivity contribution is -0.131. The van der Waals surface area contributed by atoms with Gasteiger partial charge in [0.15, 0.2) is 0 Å². The first-order valence-electron chi connectivity index (χ1n) is 8.28. The van der Waals surface area contributed by atoms with Crippen molar-refractivity contribution >= 4 is 5.91 Å². The Morgan fingerprint density at radius 2 is 1.67 bits per heavy atom. The quantitative estimate of drug-likeness (QED) is 0.801. The van der Waals surface area contributed by atoms with Crippen LogP contribution in [0.15, 0.2) is 42.5 Å². The van der Waals surface area contributed by atoms with Crippen LogP contribution in [0.3, 0.4) is 0 Å². The van der Waals surface area contributed by atoms with E-state index in [1.807, 2.05) is 12.1 Å². The van der Waals surface area contributed by atoms with Crippen LogP contribution in [0.1, 0.15) is 36.0 Å². The van der Waals surface area contributed by atoms with E-state index in [1.165, 1.54) is 23.8 Å². The van der Waals surface area contributed by atoms with Gasteiger partial charge in [-0.3, -0.25) is 4.79 Å². The number of halogens is 2. The molecule has 2 aromatic rings. The molecule has 0 heterocycles. The van der Waals surface area contributed by atoms with Crippen LogP contribution in [0, 0.1) is 17.6 Å². The predicted octanol–water partition coefficient (Wildman–Crippen LogP) is 4.29. The molecule has 126 valence electrons. The van der Waals surface area contributed by atoms with Crippen molar-refractivity contribution in [2.24, 2.45) is 5.92 Å². The van der Waals surface area contributed by atoms with Crippen LogP contribution in [0.5, 0.6) is 0 Å². The molecule has 1 saturated carbocycles. The van der Waals surface area contributed by atoms with E-state index >= 15 is 0 Å². The van der Waals surface area contributed by atoms with Gasteiger partial charge in [-0.15, -0.1) is 0 Å². The van der Waals surface area contributed by atoms with Gasteiger partial charge in [0.2, 0.25) is 5.91 Å². The summed E-state index contributed by atoms with van der Waals surface area (Å²) in [4.78, 5) is 14.2. The summed E-state index contributed by atoms with van der Waals surface area (Å²) in [7, 11) is 1.74.